The number of H-pyrrole nitrogens is 1. The number of carbonyl (C=O) groups excluding carboxylic acids is 4. The summed E-state index contributed by atoms with van der Waals surface area (Å²) in [5, 5.41) is 4.10. The number of methoxy groups -OCH3 is 2. The summed E-state index contributed by atoms with van der Waals surface area (Å²) >= 11 is 0. The van der Waals surface area contributed by atoms with Gasteiger partial charge in [0.15, 0.2) is 6.73 Å². The van der Waals surface area contributed by atoms with Crippen molar-refractivity contribution in [3.8, 4) is 0 Å². The van der Waals surface area contributed by atoms with Gasteiger partial charge in [0.2, 0.25) is 0 Å². The first-order valence-corrected chi connectivity index (χ1v) is 10.8. The van der Waals surface area contributed by atoms with Crippen molar-refractivity contribution in [1.82, 2.24) is 15.2 Å². The summed E-state index contributed by atoms with van der Waals surface area (Å²) in [5.74, 6) is -1.78. The van der Waals surface area contributed by atoms with Crippen LogP contribution in [0.25, 0.3) is 10.9 Å². The number of amides is 1. The second-order valence-electron chi connectivity index (χ2n) is 7.35. The molecule has 11 nitrogen and oxygen atoms in total. The zero-order chi connectivity index (χ0) is 25.1. The van der Waals surface area contributed by atoms with Crippen LogP contribution in [0.3, 0.4) is 0 Å². The minimum Gasteiger partial charge on any atom is -0.467 e. The Labute approximate surface area is 197 Å². The fourth-order valence-electron chi connectivity index (χ4n) is 3.48. The molecule has 0 aliphatic rings. The van der Waals surface area contributed by atoms with Gasteiger partial charge in [-0.2, -0.15) is 0 Å². The van der Waals surface area contributed by atoms with E-state index in [-0.39, 0.29) is 19.6 Å². The lowest BCUT2D eigenvalue weighted by Gasteiger charge is -2.28. The van der Waals surface area contributed by atoms with Crippen molar-refractivity contribution in [1.29, 1.82) is 0 Å². The number of rotatable bonds is 12. The Hall–Kier alpha value is -3.60. The maximum atomic E-state index is 12.6. The summed E-state index contributed by atoms with van der Waals surface area (Å²) in [6, 6.07) is 5.92. The van der Waals surface area contributed by atoms with Crippen LogP contribution < -0.4 is 5.32 Å². The quantitative estimate of drug-likeness (QED) is 0.266. The largest absolute Gasteiger partial charge is 0.467 e. The molecule has 1 heterocycles. The normalized spacial score (nSPS) is 12.5. The van der Waals surface area contributed by atoms with Crippen LogP contribution in [-0.2, 0) is 39.8 Å². The van der Waals surface area contributed by atoms with E-state index in [1.54, 1.807) is 6.92 Å². The molecule has 0 spiro atoms. The van der Waals surface area contributed by atoms with Crippen LogP contribution in [0.1, 0.15) is 25.8 Å². The number of aromatic amines is 1. The lowest BCUT2D eigenvalue weighted by atomic mass is 10.0. The summed E-state index contributed by atoms with van der Waals surface area (Å²) < 4.78 is 19.6. The monoisotopic (exact) mass is 477 g/mol. The third-order valence-corrected chi connectivity index (χ3v) is 5.14. The highest BCUT2D eigenvalue weighted by Crippen LogP contribution is 2.19. The zero-order valence-corrected chi connectivity index (χ0v) is 19.8. The van der Waals surface area contributed by atoms with E-state index in [4.69, 9.17) is 18.9 Å². The van der Waals surface area contributed by atoms with Gasteiger partial charge >= 0.3 is 24.0 Å². The molecule has 1 aromatic heterocycles. The fourth-order valence-corrected chi connectivity index (χ4v) is 3.48. The average Bonchev–Trinajstić information content (AvgIpc) is 3.24. The first kappa shape index (κ1) is 26.7. The van der Waals surface area contributed by atoms with E-state index < -0.39 is 42.8 Å². The van der Waals surface area contributed by atoms with Gasteiger partial charge in [-0.3, -0.25) is 14.5 Å². The van der Waals surface area contributed by atoms with E-state index in [2.05, 4.69) is 10.3 Å². The van der Waals surface area contributed by atoms with E-state index >= 15 is 0 Å². The molecule has 2 rings (SSSR count). The Morgan fingerprint density at radius 2 is 1.79 bits per heavy atom. The molecule has 0 aliphatic heterocycles. The number of hydrogen-bond donors (Lipinski definition) is 2. The van der Waals surface area contributed by atoms with Crippen molar-refractivity contribution in [3.05, 3.63) is 36.0 Å². The smallest absolute Gasteiger partial charge is 0.412 e. The van der Waals surface area contributed by atoms with Gasteiger partial charge in [-0.05, 0) is 31.5 Å². The first-order chi connectivity index (χ1) is 16.3. The van der Waals surface area contributed by atoms with Crippen LogP contribution in [0.4, 0.5) is 4.79 Å². The van der Waals surface area contributed by atoms with Crippen LogP contribution in [0.2, 0.25) is 0 Å². The van der Waals surface area contributed by atoms with Crippen LogP contribution >= 0.6 is 0 Å². The van der Waals surface area contributed by atoms with Crippen LogP contribution in [-0.4, -0.2) is 80.1 Å². The topological polar surface area (TPSA) is 136 Å². The predicted octanol–water partition coefficient (Wildman–Crippen LogP) is 1.75. The number of nitrogens with one attached hydrogen (secondary N) is 2. The molecule has 0 unspecified atom stereocenters. The molecule has 1 amide bonds. The molecule has 11 heteroatoms. The minimum atomic E-state index is -1.11. The second-order valence-corrected chi connectivity index (χ2v) is 7.35. The SMILES string of the molecule is CCOC(=O)[C@H](Cc1c[nH]c2ccccc12)NCC[C@@H](C(=O)OC)N(COC(C)=O)C(=O)OC. The molecule has 34 heavy (non-hydrogen) atoms. The van der Waals surface area contributed by atoms with E-state index in [0.717, 1.165) is 28.5 Å². The predicted molar refractivity (Wildman–Crippen MR) is 122 cm³/mol. The van der Waals surface area contributed by atoms with Crippen LogP contribution in [0.5, 0.6) is 0 Å². The fraction of sp³-hybridized carbons (Fsp3) is 0.478. The van der Waals surface area contributed by atoms with E-state index in [1.165, 1.54) is 14.0 Å². The Kier molecular flexibility index (Phi) is 10.3. The van der Waals surface area contributed by atoms with E-state index in [0.29, 0.717) is 6.42 Å². The molecule has 186 valence electrons. The standard InChI is InChI=1S/C23H31N3O8/c1-5-33-21(28)19(12-16-13-25-18-9-7-6-8-17(16)18)24-11-10-20(22(29)31-3)26(23(30)32-4)14-34-15(2)27/h6-9,13,19-20,24-25H,5,10-12,14H2,1-4H3/t19-,20-/m0/s1. The summed E-state index contributed by atoms with van der Waals surface area (Å²) in [5.41, 5.74) is 1.88. The molecule has 0 bridgehead atoms. The summed E-state index contributed by atoms with van der Waals surface area (Å²) in [6.07, 6.45) is 1.39. The van der Waals surface area contributed by atoms with Crippen LogP contribution in [0.15, 0.2) is 30.5 Å². The summed E-state index contributed by atoms with van der Waals surface area (Å²) in [4.78, 5) is 52.6. The number of carbonyl (C=O) groups is 4. The lowest BCUT2D eigenvalue weighted by Crippen LogP contribution is -2.49. The minimum absolute atomic E-state index is 0.0623. The molecule has 2 N–H and O–H groups in total. The molecule has 0 fully saturated rings. The molecular weight excluding hydrogens is 446 g/mol. The summed E-state index contributed by atoms with van der Waals surface area (Å²) in [7, 11) is 2.33. The number of benzene rings is 1. The number of nitrogens with zero attached hydrogens (tertiary/aromatic N) is 1. The number of hydrogen-bond acceptors (Lipinski definition) is 9. The highest BCUT2D eigenvalue weighted by Gasteiger charge is 2.32. The molecule has 0 saturated heterocycles. The second kappa shape index (κ2) is 13.2. The zero-order valence-electron chi connectivity index (χ0n) is 19.8. The van der Waals surface area contributed by atoms with Gasteiger partial charge in [-0.1, -0.05) is 18.2 Å². The molecule has 1 aromatic carbocycles. The van der Waals surface area contributed by atoms with Gasteiger partial charge in [0.1, 0.15) is 12.1 Å². The Morgan fingerprint density at radius 3 is 2.44 bits per heavy atom. The molecule has 0 radical (unpaired) electrons. The third kappa shape index (κ3) is 7.20. The van der Waals surface area contributed by atoms with Crippen molar-refractivity contribution in [2.45, 2.75) is 38.8 Å². The Balaban J connectivity index is 2.15. The van der Waals surface area contributed by atoms with E-state index in [9.17, 15) is 19.2 Å². The number of fused-ring (bicyclic) bond motifs is 1. The number of ether oxygens (including phenoxy) is 4. The maximum Gasteiger partial charge on any atom is 0.412 e. The van der Waals surface area contributed by atoms with Gasteiger partial charge in [0.25, 0.3) is 0 Å². The number of esters is 3. The van der Waals surface area contributed by atoms with Crippen molar-refractivity contribution < 1.29 is 38.1 Å². The lowest BCUT2D eigenvalue weighted by molar-refractivity contribution is -0.154. The highest BCUT2D eigenvalue weighted by atomic mass is 16.6. The van der Waals surface area contributed by atoms with Crippen molar-refractivity contribution in [2.75, 3.05) is 34.1 Å². The van der Waals surface area contributed by atoms with Gasteiger partial charge in [-0.15, -0.1) is 0 Å². The Morgan fingerprint density at radius 1 is 1.06 bits per heavy atom. The summed E-state index contributed by atoms with van der Waals surface area (Å²) in [6.45, 7) is 2.78. The van der Waals surface area contributed by atoms with E-state index in [1.807, 2.05) is 30.5 Å². The van der Waals surface area contributed by atoms with Gasteiger partial charge in [-0.25, -0.2) is 9.59 Å². The molecule has 2 aromatic rings. The van der Waals surface area contributed by atoms with Gasteiger partial charge in [0.05, 0.1) is 20.8 Å². The molecular formula is C23H31N3O8. The van der Waals surface area contributed by atoms with Crippen molar-refractivity contribution in [3.63, 3.8) is 0 Å². The van der Waals surface area contributed by atoms with Crippen molar-refractivity contribution >= 4 is 34.9 Å². The van der Waals surface area contributed by atoms with Crippen molar-refractivity contribution in [2.24, 2.45) is 0 Å². The highest BCUT2D eigenvalue weighted by molar-refractivity contribution is 5.85. The van der Waals surface area contributed by atoms with Crippen LogP contribution in [0, 0.1) is 0 Å². The molecule has 0 aliphatic carbocycles. The number of aromatic nitrogens is 1. The van der Waals surface area contributed by atoms with Gasteiger partial charge in [0, 0.05) is 30.4 Å². The number of para-hydroxylation sites is 1. The molecule has 0 saturated carbocycles. The first-order valence-electron chi connectivity index (χ1n) is 10.8. The Bertz CT molecular complexity index is 990. The molecule has 2 atom stereocenters. The maximum absolute atomic E-state index is 12.6. The van der Waals surface area contributed by atoms with Gasteiger partial charge < -0.3 is 29.2 Å². The average molecular weight is 478 g/mol. The third-order valence-electron chi connectivity index (χ3n) is 5.14.